The fourth-order valence-corrected chi connectivity index (χ4v) is 3.17. The molecule has 2 heterocycles. The maximum absolute atomic E-state index is 11.8. The Labute approximate surface area is 139 Å². The fraction of sp³-hybridized carbons (Fsp3) is 0.400. The van der Waals surface area contributed by atoms with Gasteiger partial charge in [-0.05, 0) is 11.6 Å². The summed E-state index contributed by atoms with van der Waals surface area (Å²) in [6.07, 6.45) is 1.66. The number of nitrogens with zero attached hydrogens (tertiary/aromatic N) is 5. The maximum atomic E-state index is 11.8. The Morgan fingerprint density at radius 2 is 1.96 bits per heavy atom. The van der Waals surface area contributed by atoms with Crippen molar-refractivity contribution in [1.29, 1.82) is 0 Å². The Hall–Kier alpha value is -2.12. The molecule has 1 aromatic carbocycles. The minimum Gasteiger partial charge on any atom is -0.480 e. The molecule has 3 rings (SSSR count). The minimum absolute atomic E-state index is 0.482. The normalized spacial score (nSPS) is 17.2. The molecule has 1 N–H and O–H groups in total. The molecule has 0 aliphatic carbocycles. The molecular formula is C15H18ClN5O2. The van der Waals surface area contributed by atoms with E-state index in [4.69, 9.17) is 11.6 Å². The van der Waals surface area contributed by atoms with Crippen LogP contribution < -0.4 is 4.90 Å². The van der Waals surface area contributed by atoms with Gasteiger partial charge >= 0.3 is 5.97 Å². The zero-order valence-corrected chi connectivity index (χ0v) is 13.5. The first-order valence-electron chi connectivity index (χ1n) is 7.38. The van der Waals surface area contributed by atoms with Crippen molar-refractivity contribution < 1.29 is 9.90 Å². The van der Waals surface area contributed by atoms with Gasteiger partial charge in [-0.3, -0.25) is 9.69 Å². The Morgan fingerprint density at radius 1 is 1.26 bits per heavy atom. The van der Waals surface area contributed by atoms with E-state index in [0.29, 0.717) is 36.8 Å². The van der Waals surface area contributed by atoms with Crippen LogP contribution in [0.3, 0.4) is 0 Å². The second kappa shape index (κ2) is 6.55. The molecule has 7 nitrogen and oxygen atoms in total. The van der Waals surface area contributed by atoms with Crippen LogP contribution in [-0.2, 0) is 11.8 Å². The molecule has 0 radical (unpaired) electrons. The molecule has 1 atom stereocenters. The van der Waals surface area contributed by atoms with Gasteiger partial charge in [0.25, 0.3) is 0 Å². The van der Waals surface area contributed by atoms with Crippen LogP contribution in [0.15, 0.2) is 30.6 Å². The van der Waals surface area contributed by atoms with Crippen LogP contribution >= 0.6 is 11.6 Å². The summed E-state index contributed by atoms with van der Waals surface area (Å²) in [5, 5.41) is 18.1. The summed E-state index contributed by atoms with van der Waals surface area (Å²) >= 11 is 6.19. The molecule has 1 aromatic heterocycles. The molecule has 122 valence electrons. The second-order valence-electron chi connectivity index (χ2n) is 5.53. The van der Waals surface area contributed by atoms with E-state index < -0.39 is 12.0 Å². The molecule has 0 saturated carbocycles. The Balaban J connectivity index is 1.76. The summed E-state index contributed by atoms with van der Waals surface area (Å²) < 4.78 is 1.86. The SMILES string of the molecule is Cn1cnnc1N1CCN(C(C(=O)O)c2ccccc2Cl)CC1. The van der Waals surface area contributed by atoms with E-state index in [0.717, 1.165) is 5.95 Å². The van der Waals surface area contributed by atoms with Crippen molar-refractivity contribution in [2.75, 3.05) is 31.1 Å². The monoisotopic (exact) mass is 335 g/mol. The predicted octanol–water partition coefficient (Wildman–Crippen LogP) is 1.42. The second-order valence-corrected chi connectivity index (χ2v) is 5.93. The molecule has 1 saturated heterocycles. The van der Waals surface area contributed by atoms with Crippen molar-refractivity contribution in [2.45, 2.75) is 6.04 Å². The van der Waals surface area contributed by atoms with Gasteiger partial charge < -0.3 is 14.6 Å². The minimum atomic E-state index is -0.884. The lowest BCUT2D eigenvalue weighted by Crippen LogP contribution is -2.50. The Morgan fingerprint density at radius 3 is 2.52 bits per heavy atom. The van der Waals surface area contributed by atoms with Crippen LogP contribution in [0.5, 0.6) is 0 Å². The van der Waals surface area contributed by atoms with Crippen LogP contribution in [0, 0.1) is 0 Å². The number of carboxylic acid groups (broad SMARTS) is 1. The molecule has 1 aliphatic rings. The number of rotatable bonds is 4. The van der Waals surface area contributed by atoms with Crippen molar-refractivity contribution in [3.05, 3.63) is 41.2 Å². The number of halogens is 1. The molecule has 1 unspecified atom stereocenters. The van der Waals surface area contributed by atoms with Crippen molar-refractivity contribution in [2.24, 2.45) is 7.05 Å². The lowest BCUT2D eigenvalue weighted by molar-refractivity contribution is -0.143. The average molecular weight is 336 g/mol. The molecule has 1 fully saturated rings. The van der Waals surface area contributed by atoms with Gasteiger partial charge in [-0.1, -0.05) is 29.8 Å². The highest BCUT2D eigenvalue weighted by Crippen LogP contribution is 2.29. The van der Waals surface area contributed by atoms with Gasteiger partial charge in [-0.15, -0.1) is 10.2 Å². The zero-order chi connectivity index (χ0) is 16.4. The molecule has 1 aliphatic heterocycles. The third-order valence-electron chi connectivity index (χ3n) is 4.08. The fourth-order valence-electron chi connectivity index (χ4n) is 2.93. The highest BCUT2D eigenvalue weighted by Gasteiger charge is 2.32. The molecule has 8 heteroatoms. The number of benzene rings is 1. The van der Waals surface area contributed by atoms with E-state index in [-0.39, 0.29) is 0 Å². The summed E-state index contributed by atoms with van der Waals surface area (Å²) in [6.45, 7) is 2.63. The van der Waals surface area contributed by atoms with Crippen LogP contribution in [0.4, 0.5) is 5.95 Å². The van der Waals surface area contributed by atoms with Crippen molar-refractivity contribution in [1.82, 2.24) is 19.7 Å². The lowest BCUT2D eigenvalue weighted by Gasteiger charge is -2.38. The summed E-state index contributed by atoms with van der Waals surface area (Å²) in [5.41, 5.74) is 0.633. The Kier molecular flexibility index (Phi) is 4.49. The molecule has 2 aromatic rings. The van der Waals surface area contributed by atoms with Gasteiger partial charge in [0.1, 0.15) is 12.4 Å². The largest absolute Gasteiger partial charge is 0.480 e. The molecule has 23 heavy (non-hydrogen) atoms. The van der Waals surface area contributed by atoms with Gasteiger partial charge in [0.15, 0.2) is 0 Å². The highest BCUT2D eigenvalue weighted by atomic mass is 35.5. The van der Waals surface area contributed by atoms with Gasteiger partial charge in [-0.25, -0.2) is 0 Å². The van der Waals surface area contributed by atoms with E-state index in [1.807, 2.05) is 22.6 Å². The smallest absolute Gasteiger partial charge is 0.325 e. The van der Waals surface area contributed by atoms with Crippen molar-refractivity contribution >= 4 is 23.5 Å². The number of aryl methyl sites for hydroxylation is 1. The first-order valence-corrected chi connectivity index (χ1v) is 7.76. The van der Waals surface area contributed by atoms with Crippen LogP contribution in [0.2, 0.25) is 5.02 Å². The number of piperazine rings is 1. The quantitative estimate of drug-likeness (QED) is 0.910. The van der Waals surface area contributed by atoms with E-state index in [1.165, 1.54) is 0 Å². The third-order valence-corrected chi connectivity index (χ3v) is 4.43. The highest BCUT2D eigenvalue weighted by molar-refractivity contribution is 6.31. The van der Waals surface area contributed by atoms with Crippen LogP contribution in [-0.4, -0.2) is 56.9 Å². The van der Waals surface area contributed by atoms with Gasteiger partial charge in [-0.2, -0.15) is 0 Å². The predicted molar refractivity (Wildman–Crippen MR) is 86.6 cm³/mol. The first-order chi connectivity index (χ1) is 11.1. The zero-order valence-electron chi connectivity index (χ0n) is 12.8. The topological polar surface area (TPSA) is 74.5 Å². The van der Waals surface area contributed by atoms with Crippen molar-refractivity contribution in [3.63, 3.8) is 0 Å². The van der Waals surface area contributed by atoms with Gasteiger partial charge in [0, 0.05) is 38.2 Å². The summed E-state index contributed by atoms with van der Waals surface area (Å²) in [6, 6.07) is 6.38. The van der Waals surface area contributed by atoms with Gasteiger partial charge in [0.05, 0.1) is 0 Å². The average Bonchev–Trinajstić information content (AvgIpc) is 2.96. The van der Waals surface area contributed by atoms with Crippen molar-refractivity contribution in [3.8, 4) is 0 Å². The molecule has 0 spiro atoms. The number of aliphatic carboxylic acids is 1. The van der Waals surface area contributed by atoms with Gasteiger partial charge in [0.2, 0.25) is 5.95 Å². The molecule has 0 amide bonds. The lowest BCUT2D eigenvalue weighted by atomic mass is 10.0. The standard InChI is InChI=1S/C15H18ClN5O2/c1-19-10-17-18-15(19)21-8-6-20(7-9-21)13(14(22)23)11-4-2-3-5-12(11)16/h2-5,10,13H,6-9H2,1H3,(H,22,23). The van der Waals surface area contributed by atoms with Crippen LogP contribution in [0.1, 0.15) is 11.6 Å². The third kappa shape index (κ3) is 3.16. The number of hydrogen-bond donors (Lipinski definition) is 1. The van der Waals surface area contributed by atoms with Crippen LogP contribution in [0.25, 0.3) is 0 Å². The number of aromatic nitrogens is 3. The number of anilines is 1. The van der Waals surface area contributed by atoms with E-state index >= 15 is 0 Å². The van der Waals surface area contributed by atoms with E-state index in [2.05, 4.69) is 15.1 Å². The van der Waals surface area contributed by atoms with E-state index in [9.17, 15) is 9.90 Å². The first kappa shape index (κ1) is 15.8. The van der Waals surface area contributed by atoms with E-state index in [1.54, 1.807) is 24.5 Å². The maximum Gasteiger partial charge on any atom is 0.325 e. The molecule has 0 bridgehead atoms. The summed E-state index contributed by atoms with van der Waals surface area (Å²) in [7, 11) is 1.89. The summed E-state index contributed by atoms with van der Waals surface area (Å²) in [5.74, 6) is -0.0838. The summed E-state index contributed by atoms with van der Waals surface area (Å²) in [4.78, 5) is 15.8. The Bertz CT molecular complexity index is 697. The molecular weight excluding hydrogens is 318 g/mol. The number of hydrogen-bond acceptors (Lipinski definition) is 5. The number of carbonyl (C=O) groups is 1. The number of carboxylic acids is 1.